The molecule has 98 valence electrons. The summed E-state index contributed by atoms with van der Waals surface area (Å²) in [4.78, 5) is 0. The molecule has 2 aromatic heterocycles. The van der Waals surface area contributed by atoms with Gasteiger partial charge in [-0.2, -0.15) is 5.10 Å². The average molecular weight is 304 g/mol. The van der Waals surface area contributed by atoms with Gasteiger partial charge in [-0.05, 0) is 25.6 Å². The minimum absolute atomic E-state index is 0.0358. The second-order valence-electron chi connectivity index (χ2n) is 3.84. The van der Waals surface area contributed by atoms with E-state index in [2.05, 4.69) is 24.3 Å². The third-order valence-corrected chi connectivity index (χ3v) is 4.27. The Kier molecular flexibility index (Phi) is 4.67. The minimum atomic E-state index is 0.0358. The number of aryl methyl sites for hydroxylation is 1. The molecule has 1 N–H and O–H groups in total. The van der Waals surface area contributed by atoms with Crippen LogP contribution in [0.15, 0.2) is 18.3 Å². The maximum atomic E-state index is 6.25. The molecule has 1 atom stereocenters. The highest BCUT2D eigenvalue weighted by Crippen LogP contribution is 2.37. The molecule has 0 aliphatic heterocycles. The fourth-order valence-electron chi connectivity index (χ4n) is 1.98. The van der Waals surface area contributed by atoms with E-state index in [-0.39, 0.29) is 6.04 Å². The van der Waals surface area contributed by atoms with Crippen molar-refractivity contribution in [2.24, 2.45) is 0 Å². The fraction of sp³-hybridized carbons (Fsp3) is 0.417. The number of nitrogens with zero attached hydrogens (tertiary/aromatic N) is 2. The van der Waals surface area contributed by atoms with Crippen molar-refractivity contribution in [3.05, 3.63) is 38.3 Å². The van der Waals surface area contributed by atoms with Crippen molar-refractivity contribution in [1.29, 1.82) is 0 Å². The molecule has 0 saturated carbocycles. The van der Waals surface area contributed by atoms with Crippen LogP contribution in [0, 0.1) is 0 Å². The van der Waals surface area contributed by atoms with E-state index in [1.165, 1.54) is 11.3 Å². The van der Waals surface area contributed by atoms with Crippen molar-refractivity contribution in [1.82, 2.24) is 15.1 Å². The molecule has 0 amide bonds. The van der Waals surface area contributed by atoms with E-state index in [1.807, 2.05) is 23.0 Å². The number of aromatic nitrogens is 2. The van der Waals surface area contributed by atoms with Gasteiger partial charge >= 0.3 is 0 Å². The first-order valence-corrected chi connectivity index (χ1v) is 7.44. The summed E-state index contributed by atoms with van der Waals surface area (Å²) in [5.41, 5.74) is 2.12. The Morgan fingerprint density at radius 3 is 2.78 bits per heavy atom. The van der Waals surface area contributed by atoms with Gasteiger partial charge in [0.2, 0.25) is 0 Å². The molecule has 6 heteroatoms. The maximum absolute atomic E-state index is 6.25. The van der Waals surface area contributed by atoms with Crippen LogP contribution in [0.5, 0.6) is 0 Å². The molecule has 0 fully saturated rings. The molecule has 0 saturated heterocycles. The molecule has 1 unspecified atom stereocenters. The Labute approximate surface area is 121 Å². The molecular formula is C12H15Cl2N3S. The first-order valence-electron chi connectivity index (χ1n) is 5.87. The van der Waals surface area contributed by atoms with Crippen molar-refractivity contribution < 1.29 is 0 Å². The van der Waals surface area contributed by atoms with Crippen LogP contribution in [0.4, 0.5) is 0 Å². The van der Waals surface area contributed by atoms with Crippen molar-refractivity contribution in [3.8, 4) is 0 Å². The van der Waals surface area contributed by atoms with Gasteiger partial charge in [0.15, 0.2) is 0 Å². The Bertz CT molecular complexity index is 521. The molecule has 0 spiro atoms. The molecule has 2 rings (SSSR count). The van der Waals surface area contributed by atoms with Crippen molar-refractivity contribution >= 4 is 34.5 Å². The molecule has 0 aliphatic rings. The van der Waals surface area contributed by atoms with Gasteiger partial charge in [0.05, 0.1) is 20.4 Å². The summed E-state index contributed by atoms with van der Waals surface area (Å²) in [5, 5.41) is 7.74. The van der Waals surface area contributed by atoms with Gasteiger partial charge in [0, 0.05) is 18.3 Å². The lowest BCUT2D eigenvalue weighted by Crippen LogP contribution is -2.24. The van der Waals surface area contributed by atoms with Gasteiger partial charge in [0.25, 0.3) is 0 Å². The molecule has 0 radical (unpaired) electrons. The first-order chi connectivity index (χ1) is 8.67. The van der Waals surface area contributed by atoms with E-state index >= 15 is 0 Å². The number of thiophene rings is 1. The molecular weight excluding hydrogens is 289 g/mol. The SMILES string of the molecule is CCNC(c1cc(Cl)sc1Cl)c1ccnn1CC. The Morgan fingerprint density at radius 1 is 1.44 bits per heavy atom. The lowest BCUT2D eigenvalue weighted by Gasteiger charge is -2.18. The first kappa shape index (κ1) is 13.9. The Hall–Kier alpha value is -0.550. The largest absolute Gasteiger partial charge is 0.305 e. The van der Waals surface area contributed by atoms with Crippen LogP contribution in [0.3, 0.4) is 0 Å². The zero-order valence-electron chi connectivity index (χ0n) is 10.3. The van der Waals surface area contributed by atoms with Crippen molar-refractivity contribution in [2.45, 2.75) is 26.4 Å². The van der Waals surface area contributed by atoms with Crippen LogP contribution < -0.4 is 5.32 Å². The number of nitrogens with one attached hydrogen (secondary N) is 1. The van der Waals surface area contributed by atoms with E-state index in [4.69, 9.17) is 23.2 Å². The zero-order valence-corrected chi connectivity index (χ0v) is 12.6. The summed E-state index contributed by atoms with van der Waals surface area (Å²) in [7, 11) is 0. The lowest BCUT2D eigenvalue weighted by molar-refractivity contribution is 0.543. The minimum Gasteiger partial charge on any atom is -0.305 e. The maximum Gasteiger partial charge on any atom is 0.0996 e. The normalized spacial score (nSPS) is 12.9. The van der Waals surface area contributed by atoms with E-state index in [9.17, 15) is 0 Å². The highest BCUT2D eigenvalue weighted by molar-refractivity contribution is 7.20. The molecule has 0 aromatic carbocycles. The van der Waals surface area contributed by atoms with E-state index < -0.39 is 0 Å². The summed E-state index contributed by atoms with van der Waals surface area (Å²) in [6, 6.07) is 3.97. The summed E-state index contributed by atoms with van der Waals surface area (Å²) < 4.78 is 3.41. The molecule has 18 heavy (non-hydrogen) atoms. The highest BCUT2D eigenvalue weighted by atomic mass is 35.5. The summed E-state index contributed by atoms with van der Waals surface area (Å²) in [6.45, 7) is 5.83. The fourth-order valence-corrected chi connectivity index (χ4v) is 3.51. The second kappa shape index (κ2) is 6.06. The van der Waals surface area contributed by atoms with Crippen molar-refractivity contribution in [3.63, 3.8) is 0 Å². The van der Waals surface area contributed by atoms with E-state index in [0.29, 0.717) is 4.34 Å². The van der Waals surface area contributed by atoms with Crippen molar-refractivity contribution in [2.75, 3.05) is 6.54 Å². The molecule has 0 aliphatic carbocycles. The Morgan fingerprint density at radius 2 is 2.22 bits per heavy atom. The second-order valence-corrected chi connectivity index (χ2v) is 6.13. The zero-order chi connectivity index (χ0) is 13.1. The highest BCUT2D eigenvalue weighted by Gasteiger charge is 2.21. The topological polar surface area (TPSA) is 29.9 Å². The Balaban J connectivity index is 2.42. The predicted molar refractivity (Wildman–Crippen MR) is 77.8 cm³/mol. The predicted octanol–water partition coefficient (Wildman–Crippen LogP) is 3.97. The van der Waals surface area contributed by atoms with E-state index in [0.717, 1.165) is 28.7 Å². The summed E-state index contributed by atoms with van der Waals surface area (Å²) in [6.07, 6.45) is 1.81. The van der Waals surface area contributed by atoms with Gasteiger partial charge in [-0.1, -0.05) is 30.1 Å². The van der Waals surface area contributed by atoms with Crippen LogP contribution in [0.1, 0.15) is 31.1 Å². The number of hydrogen-bond donors (Lipinski definition) is 1. The van der Waals surface area contributed by atoms with Crippen LogP contribution in [-0.2, 0) is 6.54 Å². The lowest BCUT2D eigenvalue weighted by atomic mass is 10.1. The average Bonchev–Trinajstić information content (AvgIpc) is 2.92. The van der Waals surface area contributed by atoms with Gasteiger partial charge < -0.3 is 5.32 Å². The van der Waals surface area contributed by atoms with Gasteiger partial charge in [-0.15, -0.1) is 11.3 Å². The standard InChI is InChI=1S/C12H15Cl2N3S/c1-3-15-11(8-7-10(13)18-12(8)14)9-5-6-16-17(9)4-2/h5-7,11,15H,3-4H2,1-2H3. The molecule has 0 bridgehead atoms. The monoisotopic (exact) mass is 303 g/mol. The van der Waals surface area contributed by atoms with Gasteiger partial charge in [0.1, 0.15) is 0 Å². The summed E-state index contributed by atoms with van der Waals surface area (Å²) in [5.74, 6) is 0. The quantitative estimate of drug-likeness (QED) is 0.906. The van der Waals surface area contributed by atoms with Gasteiger partial charge in [-0.25, -0.2) is 0 Å². The number of halogens is 2. The number of hydrogen-bond acceptors (Lipinski definition) is 3. The molecule has 2 aromatic rings. The molecule has 3 nitrogen and oxygen atoms in total. The van der Waals surface area contributed by atoms with E-state index in [1.54, 1.807) is 0 Å². The van der Waals surface area contributed by atoms with Gasteiger partial charge in [-0.3, -0.25) is 4.68 Å². The van der Waals surface area contributed by atoms with Crippen LogP contribution in [0.2, 0.25) is 8.67 Å². The van der Waals surface area contributed by atoms with Crippen LogP contribution >= 0.6 is 34.5 Å². The van der Waals surface area contributed by atoms with Crippen LogP contribution in [0.25, 0.3) is 0 Å². The smallest absolute Gasteiger partial charge is 0.0996 e. The summed E-state index contributed by atoms with van der Waals surface area (Å²) >= 11 is 13.7. The number of rotatable bonds is 5. The molecule has 2 heterocycles. The third-order valence-electron chi connectivity index (χ3n) is 2.75. The third kappa shape index (κ3) is 2.72. The van der Waals surface area contributed by atoms with Crippen LogP contribution in [-0.4, -0.2) is 16.3 Å².